The number of amides is 1. The Hall–Kier alpha value is -3.01. The SMILES string of the molecule is CC[C@H](c1cccnc1)N(C)C(=O)c1cccc(-c2ccc(C)nc2C)c1. The van der Waals surface area contributed by atoms with Crippen LogP contribution in [-0.4, -0.2) is 27.8 Å². The van der Waals surface area contributed by atoms with E-state index in [0.717, 1.165) is 34.5 Å². The van der Waals surface area contributed by atoms with Gasteiger partial charge < -0.3 is 4.90 Å². The van der Waals surface area contributed by atoms with Gasteiger partial charge in [-0.2, -0.15) is 0 Å². The summed E-state index contributed by atoms with van der Waals surface area (Å²) in [4.78, 5) is 23.7. The average Bonchev–Trinajstić information content (AvgIpc) is 2.69. The fourth-order valence-corrected chi connectivity index (χ4v) is 3.46. The second-order valence-corrected chi connectivity index (χ2v) is 6.79. The molecule has 2 heterocycles. The first kappa shape index (κ1) is 18.8. The normalized spacial score (nSPS) is 11.9. The van der Waals surface area contributed by atoms with Crippen LogP contribution in [0.4, 0.5) is 0 Å². The summed E-state index contributed by atoms with van der Waals surface area (Å²) in [6.07, 6.45) is 4.41. The van der Waals surface area contributed by atoms with Crippen LogP contribution in [0.5, 0.6) is 0 Å². The molecule has 0 fully saturated rings. The monoisotopic (exact) mass is 359 g/mol. The molecule has 4 heteroatoms. The third-order valence-corrected chi connectivity index (χ3v) is 4.89. The van der Waals surface area contributed by atoms with Crippen LogP contribution in [0.1, 0.15) is 46.7 Å². The molecule has 0 saturated heterocycles. The molecule has 0 aliphatic heterocycles. The number of nitrogens with zero attached hydrogens (tertiary/aromatic N) is 3. The van der Waals surface area contributed by atoms with Gasteiger partial charge in [0.05, 0.1) is 6.04 Å². The minimum Gasteiger partial charge on any atom is -0.335 e. The van der Waals surface area contributed by atoms with Crippen molar-refractivity contribution in [2.24, 2.45) is 0 Å². The van der Waals surface area contributed by atoms with Crippen molar-refractivity contribution in [3.63, 3.8) is 0 Å². The second-order valence-electron chi connectivity index (χ2n) is 6.79. The Morgan fingerprint density at radius 2 is 1.93 bits per heavy atom. The van der Waals surface area contributed by atoms with Crippen molar-refractivity contribution in [1.82, 2.24) is 14.9 Å². The third-order valence-electron chi connectivity index (χ3n) is 4.89. The summed E-state index contributed by atoms with van der Waals surface area (Å²) in [5.41, 5.74) is 5.74. The highest BCUT2D eigenvalue weighted by Crippen LogP contribution is 2.27. The van der Waals surface area contributed by atoms with Gasteiger partial charge in [-0.05, 0) is 55.7 Å². The van der Waals surface area contributed by atoms with E-state index in [1.807, 2.05) is 69.6 Å². The van der Waals surface area contributed by atoms with E-state index in [9.17, 15) is 4.79 Å². The van der Waals surface area contributed by atoms with Gasteiger partial charge in [-0.3, -0.25) is 14.8 Å². The fraction of sp³-hybridized carbons (Fsp3) is 0.261. The van der Waals surface area contributed by atoms with Gasteiger partial charge in [0.1, 0.15) is 0 Å². The van der Waals surface area contributed by atoms with Crippen LogP contribution in [0.15, 0.2) is 60.9 Å². The zero-order valence-corrected chi connectivity index (χ0v) is 16.3. The Morgan fingerprint density at radius 3 is 2.59 bits per heavy atom. The van der Waals surface area contributed by atoms with Crippen molar-refractivity contribution in [3.8, 4) is 11.1 Å². The first-order valence-corrected chi connectivity index (χ1v) is 9.23. The number of hydrogen-bond donors (Lipinski definition) is 0. The van der Waals surface area contributed by atoms with Crippen molar-refractivity contribution in [2.75, 3.05) is 7.05 Å². The summed E-state index contributed by atoms with van der Waals surface area (Å²) in [6, 6.07) is 15.8. The topological polar surface area (TPSA) is 46.1 Å². The summed E-state index contributed by atoms with van der Waals surface area (Å²) in [5, 5.41) is 0. The summed E-state index contributed by atoms with van der Waals surface area (Å²) >= 11 is 0. The zero-order chi connectivity index (χ0) is 19.4. The highest BCUT2D eigenvalue weighted by atomic mass is 16.2. The molecule has 0 aliphatic rings. The highest BCUT2D eigenvalue weighted by Gasteiger charge is 2.22. The average molecular weight is 359 g/mol. The van der Waals surface area contributed by atoms with E-state index in [0.29, 0.717) is 5.56 Å². The number of pyridine rings is 2. The lowest BCUT2D eigenvalue weighted by Crippen LogP contribution is -2.31. The van der Waals surface area contributed by atoms with Gasteiger partial charge in [0, 0.05) is 42.0 Å². The van der Waals surface area contributed by atoms with Crippen molar-refractivity contribution in [2.45, 2.75) is 33.2 Å². The van der Waals surface area contributed by atoms with Crippen LogP contribution >= 0.6 is 0 Å². The van der Waals surface area contributed by atoms with Gasteiger partial charge in [0.25, 0.3) is 5.91 Å². The number of aryl methyl sites for hydroxylation is 2. The number of carbonyl (C=O) groups is 1. The Kier molecular flexibility index (Phi) is 5.65. The molecule has 3 aromatic rings. The molecule has 0 bridgehead atoms. The van der Waals surface area contributed by atoms with E-state index >= 15 is 0 Å². The van der Waals surface area contributed by atoms with Crippen LogP contribution in [0, 0.1) is 13.8 Å². The first-order valence-electron chi connectivity index (χ1n) is 9.23. The Bertz CT molecular complexity index is 937. The number of aromatic nitrogens is 2. The number of hydrogen-bond acceptors (Lipinski definition) is 3. The molecule has 2 aromatic heterocycles. The highest BCUT2D eigenvalue weighted by molar-refractivity contribution is 5.95. The Balaban J connectivity index is 1.91. The van der Waals surface area contributed by atoms with E-state index in [2.05, 4.69) is 23.0 Å². The lowest BCUT2D eigenvalue weighted by molar-refractivity contribution is 0.0726. The Morgan fingerprint density at radius 1 is 1.11 bits per heavy atom. The molecule has 0 saturated carbocycles. The van der Waals surface area contributed by atoms with Crippen LogP contribution in [0.25, 0.3) is 11.1 Å². The molecule has 138 valence electrons. The van der Waals surface area contributed by atoms with Gasteiger partial charge in [-0.25, -0.2) is 0 Å². The number of benzene rings is 1. The standard InChI is InChI=1S/C23H25N3O/c1-5-22(20-10-7-13-24-15-20)26(4)23(27)19-9-6-8-18(14-19)21-12-11-16(2)25-17(21)3/h6-15,22H,5H2,1-4H3/t22-/m1/s1. The molecule has 0 spiro atoms. The molecule has 3 rings (SSSR count). The number of carbonyl (C=O) groups excluding carboxylic acids is 1. The maximum absolute atomic E-state index is 13.1. The van der Waals surface area contributed by atoms with Crippen LogP contribution in [0.2, 0.25) is 0 Å². The molecule has 0 unspecified atom stereocenters. The summed E-state index contributed by atoms with van der Waals surface area (Å²) in [6.45, 7) is 6.06. The minimum atomic E-state index is -0.00219. The molecule has 1 atom stereocenters. The zero-order valence-electron chi connectivity index (χ0n) is 16.3. The van der Waals surface area contributed by atoms with Crippen molar-refractivity contribution in [1.29, 1.82) is 0 Å². The fourth-order valence-electron chi connectivity index (χ4n) is 3.46. The lowest BCUT2D eigenvalue weighted by Gasteiger charge is -2.27. The van der Waals surface area contributed by atoms with E-state index in [-0.39, 0.29) is 11.9 Å². The predicted molar refractivity (Wildman–Crippen MR) is 109 cm³/mol. The molecular formula is C23H25N3O. The third kappa shape index (κ3) is 4.05. The van der Waals surface area contributed by atoms with Crippen molar-refractivity contribution >= 4 is 5.91 Å². The summed E-state index contributed by atoms with van der Waals surface area (Å²) in [7, 11) is 1.86. The smallest absolute Gasteiger partial charge is 0.254 e. The minimum absolute atomic E-state index is 0.00219. The largest absolute Gasteiger partial charge is 0.335 e. The van der Waals surface area contributed by atoms with Crippen molar-refractivity contribution < 1.29 is 4.79 Å². The quantitative estimate of drug-likeness (QED) is 0.645. The molecule has 0 aliphatic carbocycles. The van der Waals surface area contributed by atoms with E-state index in [4.69, 9.17) is 0 Å². The molecule has 1 amide bonds. The second kappa shape index (κ2) is 8.12. The van der Waals surface area contributed by atoms with Gasteiger partial charge in [-0.15, -0.1) is 0 Å². The van der Waals surface area contributed by atoms with Crippen molar-refractivity contribution in [3.05, 3.63) is 83.4 Å². The van der Waals surface area contributed by atoms with Gasteiger partial charge >= 0.3 is 0 Å². The Labute approximate surface area is 160 Å². The summed E-state index contributed by atoms with van der Waals surface area (Å²) in [5.74, 6) is 0.00489. The van der Waals surface area contributed by atoms with Crippen LogP contribution in [-0.2, 0) is 0 Å². The maximum atomic E-state index is 13.1. The molecule has 0 radical (unpaired) electrons. The molecular weight excluding hydrogens is 334 g/mol. The van der Waals surface area contributed by atoms with Crippen LogP contribution in [0.3, 0.4) is 0 Å². The lowest BCUT2D eigenvalue weighted by atomic mass is 10.00. The van der Waals surface area contributed by atoms with E-state index < -0.39 is 0 Å². The molecule has 4 nitrogen and oxygen atoms in total. The maximum Gasteiger partial charge on any atom is 0.254 e. The predicted octanol–water partition coefficient (Wildman–Crippen LogP) is 4.98. The number of rotatable bonds is 5. The molecule has 0 N–H and O–H groups in total. The van der Waals surface area contributed by atoms with Gasteiger partial charge in [0.2, 0.25) is 0 Å². The van der Waals surface area contributed by atoms with E-state index in [1.165, 1.54) is 0 Å². The van der Waals surface area contributed by atoms with Gasteiger partial charge in [-0.1, -0.05) is 31.2 Å². The molecule has 27 heavy (non-hydrogen) atoms. The van der Waals surface area contributed by atoms with E-state index in [1.54, 1.807) is 11.1 Å². The van der Waals surface area contributed by atoms with Crippen LogP contribution < -0.4 is 0 Å². The first-order chi connectivity index (χ1) is 13.0. The van der Waals surface area contributed by atoms with Gasteiger partial charge in [0.15, 0.2) is 0 Å². The summed E-state index contributed by atoms with van der Waals surface area (Å²) < 4.78 is 0. The molecule has 1 aromatic carbocycles.